The quantitative estimate of drug-likeness (QED) is 0.219. The minimum atomic E-state index is -4.17. The SMILES string of the molecule is COc1ccc(CN(c2ccc(OCCCS(=O)(=O)c3ccccc3)cc2F)S(=O)(=O)c2ccc3c(c2)CCNC3)cc1. The minimum Gasteiger partial charge on any atom is -0.497 e. The lowest BCUT2D eigenvalue weighted by Gasteiger charge is -2.26. The number of hydrogen-bond donors (Lipinski definition) is 1. The average Bonchev–Trinajstić information content (AvgIpc) is 3.02. The lowest BCUT2D eigenvalue weighted by molar-refractivity contribution is 0.316. The van der Waals surface area contributed by atoms with E-state index in [1.54, 1.807) is 67.8 Å². The Kier molecular flexibility index (Phi) is 9.34. The van der Waals surface area contributed by atoms with Crippen molar-refractivity contribution in [2.45, 2.75) is 35.7 Å². The van der Waals surface area contributed by atoms with Gasteiger partial charge in [-0.15, -0.1) is 0 Å². The number of fused-ring (bicyclic) bond motifs is 1. The van der Waals surface area contributed by atoms with Gasteiger partial charge < -0.3 is 14.8 Å². The van der Waals surface area contributed by atoms with Gasteiger partial charge >= 0.3 is 0 Å². The monoisotopic (exact) mass is 624 g/mol. The van der Waals surface area contributed by atoms with Gasteiger partial charge in [0.1, 0.15) is 11.5 Å². The van der Waals surface area contributed by atoms with Crippen molar-refractivity contribution in [1.29, 1.82) is 0 Å². The van der Waals surface area contributed by atoms with Crippen molar-refractivity contribution in [1.82, 2.24) is 5.32 Å². The van der Waals surface area contributed by atoms with Gasteiger partial charge in [0.05, 0.1) is 41.5 Å². The fourth-order valence-corrected chi connectivity index (χ4v) is 7.72. The highest BCUT2D eigenvalue weighted by Gasteiger charge is 2.29. The van der Waals surface area contributed by atoms with Crippen molar-refractivity contribution in [3.05, 3.63) is 114 Å². The van der Waals surface area contributed by atoms with Gasteiger partial charge in [-0.25, -0.2) is 21.2 Å². The summed E-state index contributed by atoms with van der Waals surface area (Å²) in [6, 6.07) is 24.1. The van der Waals surface area contributed by atoms with Gasteiger partial charge in [0.25, 0.3) is 10.0 Å². The molecule has 0 bridgehead atoms. The molecule has 0 atom stereocenters. The van der Waals surface area contributed by atoms with E-state index in [2.05, 4.69) is 5.32 Å². The lowest BCUT2D eigenvalue weighted by Crippen LogP contribution is -2.32. The predicted octanol–water partition coefficient (Wildman–Crippen LogP) is 5.12. The molecule has 1 N–H and O–H groups in total. The number of ether oxygens (including phenoxy) is 2. The van der Waals surface area contributed by atoms with Gasteiger partial charge in [0, 0.05) is 12.6 Å². The summed E-state index contributed by atoms with van der Waals surface area (Å²) in [5, 5.41) is 3.27. The Morgan fingerprint density at radius 3 is 2.30 bits per heavy atom. The van der Waals surface area contributed by atoms with E-state index in [1.165, 1.54) is 24.3 Å². The molecular formula is C32H33FN2O6S2. The van der Waals surface area contributed by atoms with Crippen LogP contribution in [0, 0.1) is 5.82 Å². The van der Waals surface area contributed by atoms with Crippen molar-refractivity contribution in [3.63, 3.8) is 0 Å². The first-order valence-electron chi connectivity index (χ1n) is 13.9. The molecule has 0 saturated heterocycles. The zero-order chi connectivity index (χ0) is 30.5. The minimum absolute atomic E-state index is 0.0443. The second-order valence-corrected chi connectivity index (χ2v) is 14.1. The molecule has 0 spiro atoms. The van der Waals surface area contributed by atoms with Crippen LogP contribution in [0.5, 0.6) is 11.5 Å². The highest BCUT2D eigenvalue weighted by Crippen LogP contribution is 2.32. The molecule has 0 saturated carbocycles. The largest absolute Gasteiger partial charge is 0.497 e. The van der Waals surface area contributed by atoms with Crippen LogP contribution in [0.1, 0.15) is 23.1 Å². The first-order chi connectivity index (χ1) is 20.7. The maximum atomic E-state index is 15.7. The molecule has 11 heteroatoms. The van der Waals surface area contributed by atoms with Gasteiger partial charge in [-0.05, 0) is 84.6 Å². The van der Waals surface area contributed by atoms with Crippen LogP contribution < -0.4 is 19.1 Å². The summed E-state index contributed by atoms with van der Waals surface area (Å²) < 4.78 is 80.6. The number of hydrogen-bond acceptors (Lipinski definition) is 7. The maximum absolute atomic E-state index is 15.7. The van der Waals surface area contributed by atoms with Crippen LogP contribution in [0.25, 0.3) is 0 Å². The molecule has 43 heavy (non-hydrogen) atoms. The zero-order valence-electron chi connectivity index (χ0n) is 23.7. The number of rotatable bonds is 12. The zero-order valence-corrected chi connectivity index (χ0v) is 25.3. The Bertz CT molecular complexity index is 1780. The topological polar surface area (TPSA) is 102 Å². The van der Waals surface area contributed by atoms with Crippen LogP contribution >= 0.6 is 0 Å². The summed E-state index contributed by atoms with van der Waals surface area (Å²) in [5.74, 6) is -0.122. The number of methoxy groups -OCH3 is 1. The lowest BCUT2D eigenvalue weighted by atomic mass is 10.0. The number of nitrogens with zero attached hydrogens (tertiary/aromatic N) is 1. The van der Waals surface area contributed by atoms with Crippen molar-refractivity contribution in [3.8, 4) is 11.5 Å². The molecule has 0 amide bonds. The number of halogens is 1. The summed E-state index contributed by atoms with van der Waals surface area (Å²) in [4.78, 5) is 0.320. The third kappa shape index (κ3) is 7.18. The van der Waals surface area contributed by atoms with E-state index in [9.17, 15) is 16.8 Å². The fraction of sp³-hybridized carbons (Fsp3) is 0.250. The van der Waals surface area contributed by atoms with Gasteiger partial charge in [0.2, 0.25) is 0 Å². The average molecular weight is 625 g/mol. The van der Waals surface area contributed by atoms with Crippen LogP contribution in [0.15, 0.2) is 101 Å². The maximum Gasteiger partial charge on any atom is 0.264 e. The van der Waals surface area contributed by atoms with E-state index in [4.69, 9.17) is 9.47 Å². The molecule has 4 aromatic rings. The molecule has 1 heterocycles. The summed E-state index contributed by atoms with van der Waals surface area (Å²) in [7, 11) is -6.09. The van der Waals surface area contributed by atoms with Crippen LogP contribution in [-0.2, 0) is 39.4 Å². The molecule has 5 rings (SSSR count). The van der Waals surface area contributed by atoms with Crippen LogP contribution in [0.2, 0.25) is 0 Å². The second kappa shape index (κ2) is 13.2. The van der Waals surface area contributed by atoms with Crippen LogP contribution in [-0.4, -0.2) is 42.8 Å². The van der Waals surface area contributed by atoms with E-state index in [0.717, 1.165) is 28.0 Å². The van der Waals surface area contributed by atoms with Crippen LogP contribution in [0.3, 0.4) is 0 Å². The number of sulfonamides is 1. The molecule has 1 aliphatic heterocycles. The Hall–Kier alpha value is -3.93. The molecule has 0 unspecified atom stereocenters. The van der Waals surface area contributed by atoms with Crippen molar-refractivity contribution in [2.75, 3.05) is 30.3 Å². The molecule has 8 nitrogen and oxygen atoms in total. The van der Waals surface area contributed by atoms with Gasteiger partial charge in [-0.2, -0.15) is 0 Å². The third-order valence-electron chi connectivity index (χ3n) is 7.25. The second-order valence-electron chi connectivity index (χ2n) is 10.2. The molecule has 0 radical (unpaired) electrons. The van der Waals surface area contributed by atoms with Gasteiger partial charge in [0.15, 0.2) is 15.7 Å². The highest BCUT2D eigenvalue weighted by molar-refractivity contribution is 7.92. The standard InChI is InChI=1S/C32H33FN2O6S2/c1-40-27-11-8-24(9-12-27)23-35(43(38,39)30-14-10-26-22-34-17-16-25(26)20-30)32-15-13-28(21-31(32)33)41-18-5-19-42(36,37)29-6-3-2-4-7-29/h2-4,6-15,20-21,34H,5,16-19,22-23H2,1H3. The predicted molar refractivity (Wildman–Crippen MR) is 163 cm³/mol. The van der Waals surface area contributed by atoms with E-state index in [0.29, 0.717) is 24.3 Å². The number of benzene rings is 4. The fourth-order valence-electron chi connectivity index (χ4n) is 4.90. The van der Waals surface area contributed by atoms with E-state index in [-0.39, 0.29) is 46.6 Å². The van der Waals surface area contributed by atoms with E-state index >= 15 is 4.39 Å². The van der Waals surface area contributed by atoms with E-state index < -0.39 is 25.7 Å². The normalized spacial score (nSPS) is 13.3. The van der Waals surface area contributed by atoms with Gasteiger partial charge in [-0.1, -0.05) is 36.4 Å². The molecule has 0 aromatic heterocycles. The molecule has 1 aliphatic rings. The Morgan fingerprint density at radius 1 is 0.837 bits per heavy atom. The smallest absolute Gasteiger partial charge is 0.264 e. The number of nitrogens with one attached hydrogen (secondary N) is 1. The summed E-state index contributed by atoms with van der Waals surface area (Å²) in [6.45, 7) is 1.35. The van der Waals surface area contributed by atoms with Crippen molar-refractivity contribution < 1.29 is 30.7 Å². The van der Waals surface area contributed by atoms with Crippen LogP contribution in [0.4, 0.5) is 10.1 Å². The molecular weight excluding hydrogens is 591 g/mol. The van der Waals surface area contributed by atoms with Crippen molar-refractivity contribution in [2.24, 2.45) is 0 Å². The first kappa shape index (κ1) is 30.5. The number of sulfone groups is 1. The molecule has 4 aromatic carbocycles. The molecule has 226 valence electrons. The number of anilines is 1. The molecule has 0 aliphatic carbocycles. The van der Waals surface area contributed by atoms with Crippen molar-refractivity contribution >= 4 is 25.5 Å². The van der Waals surface area contributed by atoms with E-state index in [1.807, 2.05) is 0 Å². The Labute approximate surface area is 252 Å². The third-order valence-corrected chi connectivity index (χ3v) is 10.8. The summed E-state index contributed by atoms with van der Waals surface area (Å²) >= 11 is 0. The van der Waals surface area contributed by atoms with Gasteiger partial charge in [-0.3, -0.25) is 4.31 Å². The Balaban J connectivity index is 1.37. The summed E-state index contributed by atoms with van der Waals surface area (Å²) in [5.41, 5.74) is 2.50. The Morgan fingerprint density at radius 2 is 1.58 bits per heavy atom. The highest BCUT2D eigenvalue weighted by atomic mass is 32.2. The first-order valence-corrected chi connectivity index (χ1v) is 16.9. The summed E-state index contributed by atoms with van der Waals surface area (Å²) in [6.07, 6.45) is 0.899. The molecule has 0 fully saturated rings.